The van der Waals surface area contributed by atoms with E-state index >= 15 is 0 Å². The number of hydrogen-bond donors (Lipinski definition) is 2. The number of ether oxygens (including phenoxy) is 1. The third-order valence-electron chi connectivity index (χ3n) is 2.71. The molecule has 0 saturated carbocycles. The second-order valence-electron chi connectivity index (χ2n) is 4.45. The van der Waals surface area contributed by atoms with Gasteiger partial charge in [0.05, 0.1) is 24.3 Å². The molecule has 0 aliphatic carbocycles. The molecule has 9 heteroatoms. The Balaban J connectivity index is 2.75. The van der Waals surface area contributed by atoms with Crippen LogP contribution in [0.25, 0.3) is 0 Å². The second kappa shape index (κ2) is 7.10. The first-order chi connectivity index (χ1) is 10.1. The second-order valence-corrected chi connectivity index (χ2v) is 4.45. The minimum atomic E-state index is -4.82. The Morgan fingerprint density at radius 1 is 1.32 bits per heavy atom. The molecule has 0 spiro atoms. The van der Waals surface area contributed by atoms with Crippen molar-refractivity contribution in [2.24, 2.45) is 5.92 Å². The maximum Gasteiger partial charge on any atom is 0.418 e. The number of amides is 2. The quantitative estimate of drug-likeness (QED) is 0.662. The Morgan fingerprint density at radius 2 is 1.95 bits per heavy atom. The van der Waals surface area contributed by atoms with Gasteiger partial charge in [0.1, 0.15) is 5.82 Å². The molecule has 0 saturated heterocycles. The van der Waals surface area contributed by atoms with Gasteiger partial charge in [0.15, 0.2) is 0 Å². The number of benzene rings is 1. The molecule has 1 rings (SSSR count). The number of carbonyl (C=O) groups excluding carboxylic acids is 2. The van der Waals surface area contributed by atoms with Gasteiger partial charge in [-0.05, 0) is 18.2 Å². The van der Waals surface area contributed by atoms with E-state index in [1.807, 2.05) is 5.32 Å². The van der Waals surface area contributed by atoms with E-state index in [0.29, 0.717) is 0 Å². The Kier molecular flexibility index (Phi) is 5.72. The average molecular weight is 322 g/mol. The highest BCUT2D eigenvalue weighted by atomic mass is 19.4. The van der Waals surface area contributed by atoms with Crippen molar-refractivity contribution in [2.45, 2.75) is 13.1 Å². The van der Waals surface area contributed by atoms with Gasteiger partial charge in [-0.1, -0.05) is 6.92 Å². The van der Waals surface area contributed by atoms with Crippen molar-refractivity contribution in [1.29, 1.82) is 0 Å². The van der Waals surface area contributed by atoms with Crippen molar-refractivity contribution >= 4 is 17.7 Å². The lowest BCUT2D eigenvalue weighted by atomic mass is 10.1. The number of alkyl halides is 3. The third-order valence-corrected chi connectivity index (χ3v) is 2.71. The van der Waals surface area contributed by atoms with Crippen LogP contribution in [0.2, 0.25) is 0 Å². The average Bonchev–Trinajstić information content (AvgIpc) is 2.44. The summed E-state index contributed by atoms with van der Waals surface area (Å²) in [5, 5.41) is 4.20. The molecule has 5 nitrogen and oxygen atoms in total. The standard InChI is InChI=1S/C13H14F4N2O3/c1-7(11(20)22-2)6-18-12(21)19-10-4-3-8(14)5-9(10)13(15,16)17/h3-5,7H,6H2,1-2H3,(H2,18,19,21)/t7-/m0/s1. The maximum atomic E-state index is 12.9. The van der Waals surface area contributed by atoms with Crippen LogP contribution < -0.4 is 10.6 Å². The van der Waals surface area contributed by atoms with E-state index in [0.717, 1.165) is 12.1 Å². The van der Waals surface area contributed by atoms with Crippen LogP contribution >= 0.6 is 0 Å². The molecule has 1 aromatic carbocycles. The van der Waals surface area contributed by atoms with E-state index in [2.05, 4.69) is 10.1 Å². The zero-order valence-corrected chi connectivity index (χ0v) is 11.8. The Hall–Kier alpha value is -2.32. The summed E-state index contributed by atoms with van der Waals surface area (Å²) in [7, 11) is 1.17. The van der Waals surface area contributed by atoms with Gasteiger partial charge >= 0.3 is 18.2 Å². The lowest BCUT2D eigenvalue weighted by Gasteiger charge is -2.15. The van der Waals surface area contributed by atoms with Crippen LogP contribution in [0, 0.1) is 11.7 Å². The minimum Gasteiger partial charge on any atom is -0.469 e. The number of halogens is 4. The van der Waals surface area contributed by atoms with E-state index < -0.39 is 41.2 Å². The van der Waals surface area contributed by atoms with Crippen LogP contribution in [-0.4, -0.2) is 25.7 Å². The molecule has 0 unspecified atom stereocenters. The first-order valence-electron chi connectivity index (χ1n) is 6.14. The van der Waals surface area contributed by atoms with Crippen LogP contribution in [0.4, 0.5) is 28.0 Å². The van der Waals surface area contributed by atoms with E-state index in [1.165, 1.54) is 14.0 Å². The summed E-state index contributed by atoms with van der Waals surface area (Å²) < 4.78 is 55.6. The summed E-state index contributed by atoms with van der Waals surface area (Å²) in [5.74, 6) is -2.30. The van der Waals surface area contributed by atoms with Crippen LogP contribution in [0.15, 0.2) is 18.2 Å². The van der Waals surface area contributed by atoms with Crippen molar-refractivity contribution in [3.8, 4) is 0 Å². The maximum absolute atomic E-state index is 12.9. The smallest absolute Gasteiger partial charge is 0.418 e. The Morgan fingerprint density at radius 3 is 2.50 bits per heavy atom. The van der Waals surface area contributed by atoms with Crippen molar-refractivity contribution in [1.82, 2.24) is 5.32 Å². The molecule has 0 aliphatic rings. The lowest BCUT2D eigenvalue weighted by Crippen LogP contribution is -2.35. The molecule has 0 bridgehead atoms. The number of carbonyl (C=O) groups is 2. The molecule has 0 aliphatic heterocycles. The largest absolute Gasteiger partial charge is 0.469 e. The number of methoxy groups -OCH3 is 1. The zero-order valence-electron chi connectivity index (χ0n) is 11.8. The van der Waals surface area contributed by atoms with E-state index in [9.17, 15) is 27.2 Å². The molecule has 2 N–H and O–H groups in total. The molecule has 0 heterocycles. The van der Waals surface area contributed by atoms with Gasteiger partial charge in [-0.2, -0.15) is 13.2 Å². The predicted molar refractivity (Wildman–Crippen MR) is 69.6 cm³/mol. The molecule has 1 atom stereocenters. The summed E-state index contributed by atoms with van der Waals surface area (Å²) >= 11 is 0. The van der Waals surface area contributed by atoms with Gasteiger partial charge in [0.25, 0.3) is 0 Å². The molecule has 0 fully saturated rings. The lowest BCUT2D eigenvalue weighted by molar-refractivity contribution is -0.144. The minimum absolute atomic E-state index is 0.124. The van der Waals surface area contributed by atoms with Crippen LogP contribution in [0.5, 0.6) is 0 Å². The fraction of sp³-hybridized carbons (Fsp3) is 0.385. The van der Waals surface area contributed by atoms with Crippen molar-refractivity contribution < 1.29 is 31.9 Å². The normalized spacial score (nSPS) is 12.5. The first kappa shape index (κ1) is 17.7. The number of anilines is 1. The summed E-state index contributed by atoms with van der Waals surface area (Å²) in [5.41, 5.74) is -1.89. The van der Waals surface area contributed by atoms with Gasteiger partial charge in [0, 0.05) is 6.54 Å². The van der Waals surface area contributed by atoms with Crippen molar-refractivity contribution in [2.75, 3.05) is 19.0 Å². The number of esters is 1. The van der Waals surface area contributed by atoms with Gasteiger partial charge < -0.3 is 15.4 Å². The van der Waals surface area contributed by atoms with Gasteiger partial charge in [-0.25, -0.2) is 9.18 Å². The van der Waals surface area contributed by atoms with E-state index in [4.69, 9.17) is 0 Å². The summed E-state index contributed by atoms with van der Waals surface area (Å²) in [6.07, 6.45) is -4.82. The van der Waals surface area contributed by atoms with Crippen LogP contribution in [0.3, 0.4) is 0 Å². The highest BCUT2D eigenvalue weighted by molar-refractivity contribution is 5.90. The predicted octanol–water partition coefficient (Wildman–Crippen LogP) is 2.78. The van der Waals surface area contributed by atoms with Crippen LogP contribution in [0.1, 0.15) is 12.5 Å². The topological polar surface area (TPSA) is 67.4 Å². The van der Waals surface area contributed by atoms with E-state index in [1.54, 1.807) is 0 Å². The number of rotatable bonds is 4. The van der Waals surface area contributed by atoms with Crippen molar-refractivity contribution in [3.63, 3.8) is 0 Å². The molecule has 0 radical (unpaired) electrons. The Bertz CT molecular complexity index is 561. The zero-order chi connectivity index (χ0) is 16.9. The van der Waals surface area contributed by atoms with Gasteiger partial charge in [-0.3, -0.25) is 4.79 Å². The molecule has 1 aromatic rings. The summed E-state index contributed by atoms with van der Waals surface area (Å²) in [6.45, 7) is 1.35. The summed E-state index contributed by atoms with van der Waals surface area (Å²) in [6, 6.07) is 0.934. The Labute approximate surface area is 123 Å². The van der Waals surface area contributed by atoms with Crippen molar-refractivity contribution in [3.05, 3.63) is 29.6 Å². The van der Waals surface area contributed by atoms with Gasteiger partial charge in [-0.15, -0.1) is 0 Å². The fourth-order valence-electron chi connectivity index (χ4n) is 1.56. The molecule has 22 heavy (non-hydrogen) atoms. The molecular weight excluding hydrogens is 308 g/mol. The molecular formula is C13H14F4N2O3. The highest BCUT2D eigenvalue weighted by Gasteiger charge is 2.34. The van der Waals surface area contributed by atoms with Crippen LogP contribution in [-0.2, 0) is 15.7 Å². The highest BCUT2D eigenvalue weighted by Crippen LogP contribution is 2.35. The number of urea groups is 1. The SMILES string of the molecule is COC(=O)[C@@H](C)CNC(=O)Nc1ccc(F)cc1C(F)(F)F. The third kappa shape index (κ3) is 4.90. The monoisotopic (exact) mass is 322 g/mol. The molecule has 0 aromatic heterocycles. The number of nitrogens with one attached hydrogen (secondary N) is 2. The van der Waals surface area contributed by atoms with E-state index in [-0.39, 0.29) is 12.6 Å². The van der Waals surface area contributed by atoms with Gasteiger partial charge in [0.2, 0.25) is 0 Å². The molecule has 122 valence electrons. The first-order valence-corrected chi connectivity index (χ1v) is 6.14. The number of hydrogen-bond acceptors (Lipinski definition) is 3. The summed E-state index contributed by atoms with van der Waals surface area (Å²) in [4.78, 5) is 22.7. The fourth-order valence-corrected chi connectivity index (χ4v) is 1.56. The molecule has 2 amide bonds.